The number of hydrogen-bond acceptors (Lipinski definition) is 1. The molecule has 0 fully saturated rings. The lowest BCUT2D eigenvalue weighted by molar-refractivity contribution is -0.0913. The van der Waals surface area contributed by atoms with Crippen molar-refractivity contribution in [3.05, 3.63) is 23.4 Å². The lowest BCUT2D eigenvalue weighted by atomic mass is 10.2. The van der Waals surface area contributed by atoms with E-state index in [1.165, 1.54) is 6.08 Å². The second-order valence-corrected chi connectivity index (χ2v) is 3.17. The maximum absolute atomic E-state index is 12.1. The average molecular weight is 297 g/mol. The van der Waals surface area contributed by atoms with Gasteiger partial charge in [-0.25, -0.2) is 0 Å². The van der Waals surface area contributed by atoms with Gasteiger partial charge in [-0.1, -0.05) is 47.6 Å². The molecule has 0 amide bonds. The van der Waals surface area contributed by atoms with E-state index in [0.29, 0.717) is 0 Å². The summed E-state index contributed by atoms with van der Waals surface area (Å²) in [6.07, 6.45) is -1.64. The normalized spacial score (nSPS) is 11.1. The van der Waals surface area contributed by atoms with E-state index in [1.54, 1.807) is 6.92 Å². The third kappa shape index (κ3) is 17.1. The Bertz CT molecular complexity index is 241. The molecule has 124 valence electrons. The van der Waals surface area contributed by atoms with Gasteiger partial charge < -0.3 is 4.90 Å². The van der Waals surface area contributed by atoms with E-state index in [0.717, 1.165) is 25.2 Å². The topological polar surface area (TPSA) is 3.24 Å². The van der Waals surface area contributed by atoms with Gasteiger partial charge in [-0.3, -0.25) is 0 Å². The summed E-state index contributed by atoms with van der Waals surface area (Å²) in [6.45, 7) is 17.6. The van der Waals surface area contributed by atoms with Gasteiger partial charge in [0, 0.05) is 24.9 Å². The first-order valence-corrected chi connectivity index (χ1v) is 7.42. The average Bonchev–Trinajstić information content (AvgIpc) is 2.48. The number of hydrogen-bond donors (Lipinski definition) is 0. The largest absolute Gasteiger partial charge is 0.412 e. The predicted octanol–water partition coefficient (Wildman–Crippen LogP) is 6.43. The zero-order chi connectivity index (χ0) is 17.4. The molecule has 0 aliphatic carbocycles. The van der Waals surface area contributed by atoms with Gasteiger partial charge in [0.1, 0.15) is 0 Å². The van der Waals surface area contributed by atoms with Gasteiger partial charge in [0.25, 0.3) is 0 Å². The van der Waals surface area contributed by atoms with Crippen molar-refractivity contribution >= 4 is 0 Å². The van der Waals surface area contributed by atoms with Gasteiger partial charge in [0.2, 0.25) is 0 Å². The molecule has 0 unspecified atom stereocenters. The first kappa shape index (κ1) is 27.4. The van der Waals surface area contributed by atoms with Crippen LogP contribution in [0.4, 0.5) is 13.2 Å². The van der Waals surface area contributed by atoms with Crippen molar-refractivity contribution < 1.29 is 13.2 Å². The Morgan fingerprint density at radius 1 is 0.900 bits per heavy atom. The molecule has 0 N–H and O–H groups in total. The van der Waals surface area contributed by atoms with Crippen molar-refractivity contribution in [2.24, 2.45) is 0 Å². The number of nitrogens with zero attached hydrogens (tertiary/aromatic N) is 1. The Balaban J connectivity index is -0.000000187. The maximum atomic E-state index is 12.1. The summed E-state index contributed by atoms with van der Waals surface area (Å²) in [7, 11) is 1.84. The maximum Gasteiger partial charge on any atom is 0.412 e. The fraction of sp³-hybridized carbons (Fsp3) is 0.750. The fourth-order valence-corrected chi connectivity index (χ4v) is 0.717. The van der Waals surface area contributed by atoms with Crippen LogP contribution < -0.4 is 0 Å². The molecule has 0 aliphatic heterocycles. The quantitative estimate of drug-likeness (QED) is 0.542. The number of alkyl halides is 3. The van der Waals surface area contributed by atoms with Crippen molar-refractivity contribution in [3.63, 3.8) is 0 Å². The summed E-state index contributed by atoms with van der Waals surface area (Å²) in [5, 5.41) is 0. The van der Waals surface area contributed by atoms with Crippen LogP contribution in [-0.2, 0) is 0 Å². The summed E-state index contributed by atoms with van der Waals surface area (Å²) >= 11 is 0. The highest BCUT2D eigenvalue weighted by Crippen LogP contribution is 2.24. The minimum absolute atomic E-state index is 0.582. The fourth-order valence-electron chi connectivity index (χ4n) is 0.717. The van der Waals surface area contributed by atoms with Crippen molar-refractivity contribution in [1.29, 1.82) is 0 Å². The van der Waals surface area contributed by atoms with E-state index in [4.69, 9.17) is 0 Å². The highest BCUT2D eigenvalue weighted by Gasteiger charge is 2.29. The molecule has 0 spiro atoms. The van der Waals surface area contributed by atoms with Crippen molar-refractivity contribution in [3.8, 4) is 0 Å². The lowest BCUT2D eigenvalue weighted by Gasteiger charge is -2.16. The molecule has 0 rings (SSSR count). The Hall–Kier alpha value is -0.930. The molecule has 20 heavy (non-hydrogen) atoms. The highest BCUT2D eigenvalue weighted by molar-refractivity contribution is 5.17. The summed E-state index contributed by atoms with van der Waals surface area (Å²) in [4.78, 5) is 1.88. The molecule has 0 aromatic rings. The van der Waals surface area contributed by atoms with Crippen LogP contribution in [0, 0.1) is 0 Å². The first-order valence-electron chi connectivity index (χ1n) is 7.42. The molecule has 0 radical (unpaired) electrons. The molecular weight excluding hydrogens is 263 g/mol. The Labute approximate surface area is 124 Å². The summed E-state index contributed by atoms with van der Waals surface area (Å²) in [6, 6.07) is 0. The van der Waals surface area contributed by atoms with Crippen LogP contribution in [-0.4, -0.2) is 24.7 Å². The Morgan fingerprint density at radius 3 is 1.50 bits per heavy atom. The number of rotatable bonds is 3. The molecule has 1 nitrogen and oxygen atoms in total. The lowest BCUT2D eigenvalue weighted by Crippen LogP contribution is -2.14. The second-order valence-electron chi connectivity index (χ2n) is 3.17. The zero-order valence-electron chi connectivity index (χ0n) is 14.9. The van der Waals surface area contributed by atoms with Crippen LogP contribution in [0.2, 0.25) is 0 Å². The summed E-state index contributed by atoms with van der Waals surface area (Å²) in [5.41, 5.74) is 0.234. The van der Waals surface area contributed by atoms with E-state index >= 15 is 0 Å². The third-order valence-electron chi connectivity index (χ3n) is 2.10. The van der Waals surface area contributed by atoms with E-state index in [-0.39, 0.29) is 0 Å². The van der Waals surface area contributed by atoms with Crippen molar-refractivity contribution in [1.82, 2.24) is 4.90 Å². The Kier molecular flexibility index (Phi) is 24.8. The second kappa shape index (κ2) is 18.1. The van der Waals surface area contributed by atoms with Crippen LogP contribution in [0.1, 0.15) is 62.3 Å². The standard InChI is InChI=1S/C10H16F3N.3C2H6/c1-5-14(4)9(3)7-6-8(2)10(11,12)13;3*1-2/h6-7H,5H2,1-4H3;3*1-2H3/b8-6+,9-7+;;;. The van der Waals surface area contributed by atoms with Gasteiger partial charge in [-0.05, 0) is 26.8 Å². The van der Waals surface area contributed by atoms with Crippen LogP contribution >= 0.6 is 0 Å². The molecule has 0 aromatic heterocycles. The molecule has 0 saturated carbocycles. The van der Waals surface area contributed by atoms with E-state index in [9.17, 15) is 13.2 Å². The molecule has 0 heterocycles. The van der Waals surface area contributed by atoms with E-state index in [2.05, 4.69) is 0 Å². The summed E-state index contributed by atoms with van der Waals surface area (Å²) in [5.74, 6) is 0. The minimum atomic E-state index is -4.22. The van der Waals surface area contributed by atoms with Gasteiger partial charge in [-0.15, -0.1) is 0 Å². The predicted molar refractivity (Wildman–Crippen MR) is 85.9 cm³/mol. The summed E-state index contributed by atoms with van der Waals surface area (Å²) < 4.78 is 36.2. The van der Waals surface area contributed by atoms with Gasteiger partial charge in [0.15, 0.2) is 0 Å². The van der Waals surface area contributed by atoms with Crippen LogP contribution in [0.15, 0.2) is 23.4 Å². The zero-order valence-corrected chi connectivity index (χ0v) is 14.9. The molecule has 0 aliphatic rings. The number of allylic oxidation sites excluding steroid dienone is 4. The smallest absolute Gasteiger partial charge is 0.378 e. The number of halogens is 3. The van der Waals surface area contributed by atoms with E-state index in [1.807, 2.05) is 60.4 Å². The van der Waals surface area contributed by atoms with E-state index < -0.39 is 11.7 Å². The minimum Gasteiger partial charge on any atom is -0.378 e. The van der Waals surface area contributed by atoms with Gasteiger partial charge >= 0.3 is 6.18 Å². The third-order valence-corrected chi connectivity index (χ3v) is 2.10. The van der Waals surface area contributed by atoms with Gasteiger partial charge in [-0.2, -0.15) is 13.2 Å². The van der Waals surface area contributed by atoms with Crippen molar-refractivity contribution in [2.75, 3.05) is 13.6 Å². The molecule has 0 atom stereocenters. The molecule has 4 heteroatoms. The van der Waals surface area contributed by atoms with Crippen LogP contribution in [0.5, 0.6) is 0 Å². The van der Waals surface area contributed by atoms with Crippen LogP contribution in [0.3, 0.4) is 0 Å². The highest BCUT2D eigenvalue weighted by atomic mass is 19.4. The molecule has 0 aromatic carbocycles. The molecular formula is C16H34F3N. The van der Waals surface area contributed by atoms with Gasteiger partial charge in [0.05, 0.1) is 0 Å². The first-order chi connectivity index (χ1) is 9.29. The van der Waals surface area contributed by atoms with Crippen LogP contribution in [0.25, 0.3) is 0 Å². The molecule has 0 bridgehead atoms. The Morgan fingerprint density at radius 2 is 1.25 bits per heavy atom. The monoisotopic (exact) mass is 297 g/mol. The SMILES string of the molecule is CC.CC.CC.CCN(C)/C(C)=C/C=C(\C)C(F)(F)F. The molecule has 0 saturated heterocycles. The van der Waals surface area contributed by atoms with Crippen molar-refractivity contribution in [2.45, 2.75) is 68.5 Å².